The van der Waals surface area contributed by atoms with E-state index in [9.17, 15) is 9.59 Å². The standard InChI is InChI=1S/C25H29NO6/c1-3-29-23(27)25(24(28)30-4-2)17-19-15-16-31-22(19)32-26(20-13-9-6-10-14-20)21(25)18-11-7-5-8-12-18/h5-14,19,21-22H,3-4,15-17H2,1-2H3/t19-,21+,22+/m0/s1. The van der Waals surface area contributed by atoms with Crippen LogP contribution in [0, 0.1) is 11.3 Å². The van der Waals surface area contributed by atoms with Crippen molar-refractivity contribution in [2.45, 2.75) is 39.0 Å². The van der Waals surface area contributed by atoms with E-state index in [1.165, 1.54) is 0 Å². The van der Waals surface area contributed by atoms with Crippen molar-refractivity contribution in [2.24, 2.45) is 11.3 Å². The quantitative estimate of drug-likeness (QED) is 0.497. The predicted octanol–water partition coefficient (Wildman–Crippen LogP) is 4.04. The summed E-state index contributed by atoms with van der Waals surface area (Å²) in [6.07, 6.45) is 0.306. The Labute approximate surface area is 188 Å². The molecule has 2 heterocycles. The second-order valence-corrected chi connectivity index (χ2v) is 7.98. The fourth-order valence-corrected chi connectivity index (χ4v) is 4.65. The number of para-hydroxylation sites is 1. The van der Waals surface area contributed by atoms with Gasteiger partial charge in [-0.3, -0.25) is 9.59 Å². The molecule has 2 fully saturated rings. The van der Waals surface area contributed by atoms with E-state index in [0.717, 1.165) is 5.56 Å². The maximum atomic E-state index is 13.7. The van der Waals surface area contributed by atoms with E-state index in [2.05, 4.69) is 0 Å². The minimum absolute atomic E-state index is 0.151. The topological polar surface area (TPSA) is 74.3 Å². The molecule has 2 aliphatic rings. The number of hydrogen-bond donors (Lipinski definition) is 0. The molecule has 2 aliphatic heterocycles. The third kappa shape index (κ3) is 3.98. The summed E-state index contributed by atoms with van der Waals surface area (Å²) in [4.78, 5) is 33.8. The summed E-state index contributed by atoms with van der Waals surface area (Å²) in [6.45, 7) is 4.27. The predicted molar refractivity (Wildman–Crippen MR) is 117 cm³/mol. The van der Waals surface area contributed by atoms with Gasteiger partial charge in [0.1, 0.15) is 6.04 Å². The van der Waals surface area contributed by atoms with Gasteiger partial charge in [-0.2, -0.15) is 0 Å². The molecule has 2 saturated heterocycles. The summed E-state index contributed by atoms with van der Waals surface area (Å²) in [7, 11) is 0. The number of ether oxygens (including phenoxy) is 3. The Morgan fingerprint density at radius 3 is 2.16 bits per heavy atom. The van der Waals surface area contributed by atoms with Gasteiger partial charge in [0.15, 0.2) is 11.7 Å². The van der Waals surface area contributed by atoms with Crippen LogP contribution in [0.25, 0.3) is 0 Å². The van der Waals surface area contributed by atoms with Gasteiger partial charge in [-0.05, 0) is 44.4 Å². The molecule has 0 aromatic heterocycles. The Morgan fingerprint density at radius 2 is 1.56 bits per heavy atom. The first-order valence-electron chi connectivity index (χ1n) is 11.1. The highest BCUT2D eigenvalue weighted by Gasteiger charge is 2.62. The Kier molecular flexibility index (Phi) is 6.77. The molecule has 2 aromatic rings. The Hall–Kier alpha value is -2.90. The summed E-state index contributed by atoms with van der Waals surface area (Å²) in [6, 6.07) is 18.0. The van der Waals surface area contributed by atoms with Crippen LogP contribution in [-0.4, -0.2) is 38.0 Å². The van der Waals surface area contributed by atoms with Gasteiger partial charge in [-0.15, -0.1) is 0 Å². The molecule has 0 radical (unpaired) electrons. The maximum Gasteiger partial charge on any atom is 0.326 e. The molecule has 0 amide bonds. The van der Waals surface area contributed by atoms with Crippen molar-refractivity contribution in [3.05, 3.63) is 66.2 Å². The second kappa shape index (κ2) is 9.71. The maximum absolute atomic E-state index is 13.7. The van der Waals surface area contributed by atoms with Gasteiger partial charge in [0.2, 0.25) is 0 Å². The number of carbonyl (C=O) groups is 2. The molecule has 2 aromatic carbocycles. The van der Waals surface area contributed by atoms with Crippen LogP contribution >= 0.6 is 0 Å². The first kappa shape index (κ1) is 22.3. The summed E-state index contributed by atoms with van der Waals surface area (Å²) in [5, 5.41) is 1.64. The lowest BCUT2D eigenvalue weighted by Crippen LogP contribution is -2.52. The minimum Gasteiger partial charge on any atom is -0.465 e. The molecule has 0 saturated carbocycles. The molecule has 0 bridgehead atoms. The monoisotopic (exact) mass is 439 g/mol. The van der Waals surface area contributed by atoms with Crippen molar-refractivity contribution in [3.63, 3.8) is 0 Å². The van der Waals surface area contributed by atoms with E-state index in [4.69, 9.17) is 19.0 Å². The zero-order chi connectivity index (χ0) is 22.6. The van der Waals surface area contributed by atoms with Gasteiger partial charge in [0.25, 0.3) is 0 Å². The average molecular weight is 440 g/mol. The lowest BCUT2D eigenvalue weighted by molar-refractivity contribution is -0.176. The number of anilines is 1. The average Bonchev–Trinajstić information content (AvgIpc) is 3.19. The van der Waals surface area contributed by atoms with Crippen LogP contribution < -0.4 is 5.06 Å². The smallest absolute Gasteiger partial charge is 0.326 e. The number of rotatable bonds is 6. The van der Waals surface area contributed by atoms with Crippen molar-refractivity contribution in [2.75, 3.05) is 24.9 Å². The first-order valence-corrected chi connectivity index (χ1v) is 11.1. The van der Waals surface area contributed by atoms with Crippen LogP contribution in [0.5, 0.6) is 0 Å². The number of fused-ring (bicyclic) bond motifs is 1. The summed E-state index contributed by atoms with van der Waals surface area (Å²) in [5.74, 6) is -1.38. The molecule has 7 nitrogen and oxygen atoms in total. The van der Waals surface area contributed by atoms with Gasteiger partial charge in [-0.1, -0.05) is 48.5 Å². The molecule has 4 rings (SSSR count). The van der Waals surface area contributed by atoms with E-state index in [1.807, 2.05) is 60.7 Å². The lowest BCUT2D eigenvalue weighted by atomic mass is 9.70. The van der Waals surface area contributed by atoms with Gasteiger partial charge in [0.05, 0.1) is 25.5 Å². The van der Waals surface area contributed by atoms with Crippen molar-refractivity contribution < 1.29 is 28.6 Å². The zero-order valence-corrected chi connectivity index (χ0v) is 18.4. The Balaban J connectivity index is 1.97. The van der Waals surface area contributed by atoms with Gasteiger partial charge < -0.3 is 14.2 Å². The van der Waals surface area contributed by atoms with Crippen LogP contribution in [0.15, 0.2) is 60.7 Å². The van der Waals surface area contributed by atoms with Crippen molar-refractivity contribution in [1.29, 1.82) is 0 Å². The molecule has 3 atom stereocenters. The highest BCUT2D eigenvalue weighted by atomic mass is 16.8. The fraction of sp³-hybridized carbons (Fsp3) is 0.440. The second-order valence-electron chi connectivity index (χ2n) is 7.98. The van der Waals surface area contributed by atoms with E-state index in [1.54, 1.807) is 18.9 Å². The number of hydrogen-bond acceptors (Lipinski definition) is 7. The third-order valence-corrected chi connectivity index (χ3v) is 6.06. The van der Waals surface area contributed by atoms with E-state index in [0.29, 0.717) is 18.7 Å². The summed E-state index contributed by atoms with van der Waals surface area (Å²) in [5.41, 5.74) is -0.177. The summed E-state index contributed by atoms with van der Waals surface area (Å²) >= 11 is 0. The number of benzene rings is 2. The molecule has 7 heteroatoms. The molecule has 0 unspecified atom stereocenters. The first-order chi connectivity index (χ1) is 15.6. The normalized spacial score (nSPS) is 24.3. The number of esters is 2. The van der Waals surface area contributed by atoms with E-state index in [-0.39, 0.29) is 25.6 Å². The zero-order valence-electron chi connectivity index (χ0n) is 18.4. The van der Waals surface area contributed by atoms with Crippen LogP contribution in [-0.2, 0) is 28.6 Å². The van der Waals surface area contributed by atoms with Crippen molar-refractivity contribution in [3.8, 4) is 0 Å². The molecule has 0 aliphatic carbocycles. The van der Waals surface area contributed by atoms with E-state index < -0.39 is 29.7 Å². The van der Waals surface area contributed by atoms with Crippen LogP contribution in [0.1, 0.15) is 38.3 Å². The molecule has 32 heavy (non-hydrogen) atoms. The molecular weight excluding hydrogens is 410 g/mol. The van der Waals surface area contributed by atoms with E-state index >= 15 is 0 Å². The summed E-state index contributed by atoms with van der Waals surface area (Å²) < 4.78 is 16.9. The number of hydroxylamine groups is 1. The number of carbonyl (C=O) groups excluding carboxylic acids is 2. The van der Waals surface area contributed by atoms with Gasteiger partial charge in [-0.25, -0.2) is 9.90 Å². The highest BCUT2D eigenvalue weighted by Crippen LogP contribution is 2.52. The van der Waals surface area contributed by atoms with Crippen LogP contribution in [0.2, 0.25) is 0 Å². The molecule has 0 N–H and O–H groups in total. The third-order valence-electron chi connectivity index (χ3n) is 6.06. The minimum atomic E-state index is -1.63. The van der Waals surface area contributed by atoms with Gasteiger partial charge >= 0.3 is 11.9 Å². The molecule has 170 valence electrons. The Morgan fingerprint density at radius 1 is 0.969 bits per heavy atom. The molecular formula is C25H29NO6. The molecule has 0 spiro atoms. The van der Waals surface area contributed by atoms with Crippen LogP contribution in [0.4, 0.5) is 5.69 Å². The van der Waals surface area contributed by atoms with Crippen molar-refractivity contribution in [1.82, 2.24) is 0 Å². The highest BCUT2D eigenvalue weighted by molar-refractivity contribution is 6.02. The Bertz CT molecular complexity index is 901. The lowest BCUT2D eigenvalue weighted by Gasteiger charge is -2.41. The SMILES string of the molecule is CCOC(=O)C1(C(=O)OCC)C[C@@H]2CCO[C@@H]2ON(c2ccccc2)[C@@H]1c1ccccc1. The van der Waals surface area contributed by atoms with Crippen LogP contribution in [0.3, 0.4) is 0 Å². The van der Waals surface area contributed by atoms with Gasteiger partial charge in [0, 0.05) is 5.92 Å². The van der Waals surface area contributed by atoms with Crippen molar-refractivity contribution >= 4 is 17.6 Å². The fourth-order valence-electron chi connectivity index (χ4n) is 4.65. The number of nitrogens with zero attached hydrogens (tertiary/aromatic N) is 1. The largest absolute Gasteiger partial charge is 0.465 e.